The van der Waals surface area contributed by atoms with Crippen LogP contribution in [0.3, 0.4) is 0 Å². The first-order chi connectivity index (χ1) is 7.00. The van der Waals surface area contributed by atoms with Gasteiger partial charge in [0.05, 0.1) is 0 Å². The van der Waals surface area contributed by atoms with E-state index in [1.165, 1.54) is 0 Å². The van der Waals surface area contributed by atoms with Crippen molar-refractivity contribution in [1.29, 1.82) is 0 Å². The van der Waals surface area contributed by atoms with Gasteiger partial charge >= 0.3 is 0 Å². The number of nitrogens with one attached hydrogen (secondary N) is 1. The van der Waals surface area contributed by atoms with Crippen molar-refractivity contribution in [2.45, 2.75) is 26.3 Å². The highest BCUT2D eigenvalue weighted by molar-refractivity contribution is 6.14. The number of hydrogen-bond donors (Lipinski definition) is 1. The van der Waals surface area contributed by atoms with E-state index in [9.17, 15) is 4.79 Å². The van der Waals surface area contributed by atoms with Gasteiger partial charge in [0, 0.05) is 6.20 Å². The Balaban J connectivity index is 2.44. The molecule has 0 radical (unpaired) electrons. The number of carbonyl (C=O) groups is 1. The number of rotatable bonds is 1. The fourth-order valence-electron chi connectivity index (χ4n) is 1.46. The first-order valence-corrected chi connectivity index (χ1v) is 4.84. The molecule has 4 nitrogen and oxygen atoms in total. The molecular weight excluding hydrogens is 190 g/mol. The molecule has 0 saturated heterocycles. The monoisotopic (exact) mass is 203 g/mol. The van der Waals surface area contributed by atoms with E-state index in [1.807, 2.05) is 19.1 Å². The van der Waals surface area contributed by atoms with Crippen LogP contribution in [-0.2, 0) is 4.79 Å². The molecule has 1 amide bonds. The number of amides is 1. The van der Waals surface area contributed by atoms with Crippen LogP contribution in [0.4, 0.5) is 0 Å². The van der Waals surface area contributed by atoms with E-state index < -0.39 is 5.54 Å². The van der Waals surface area contributed by atoms with Crippen LogP contribution in [0.5, 0.6) is 0 Å². The van der Waals surface area contributed by atoms with E-state index >= 15 is 0 Å². The summed E-state index contributed by atoms with van der Waals surface area (Å²) in [4.78, 5) is 20.1. The second-order valence-electron chi connectivity index (χ2n) is 4.14. The first-order valence-electron chi connectivity index (χ1n) is 4.84. The molecular formula is C11H13N3O. The maximum atomic E-state index is 11.5. The van der Waals surface area contributed by atoms with Crippen molar-refractivity contribution in [1.82, 2.24) is 10.3 Å². The van der Waals surface area contributed by atoms with Crippen molar-refractivity contribution >= 4 is 11.7 Å². The quantitative estimate of drug-likeness (QED) is 0.741. The number of carbonyl (C=O) groups excluding carboxylic acids is 1. The van der Waals surface area contributed by atoms with Gasteiger partial charge in [0.2, 0.25) is 0 Å². The third kappa shape index (κ3) is 1.63. The van der Waals surface area contributed by atoms with Crippen molar-refractivity contribution in [3.05, 3.63) is 29.6 Å². The minimum atomic E-state index is -0.681. The molecule has 1 aromatic rings. The fraction of sp³-hybridized carbons (Fsp3) is 0.364. The summed E-state index contributed by atoms with van der Waals surface area (Å²) < 4.78 is 0. The Kier molecular flexibility index (Phi) is 2.07. The molecule has 0 unspecified atom stereocenters. The predicted molar refractivity (Wildman–Crippen MR) is 57.7 cm³/mol. The van der Waals surface area contributed by atoms with Gasteiger partial charge in [-0.2, -0.15) is 0 Å². The van der Waals surface area contributed by atoms with Crippen molar-refractivity contribution in [3.8, 4) is 0 Å². The largest absolute Gasteiger partial charge is 0.307 e. The molecule has 1 aromatic heterocycles. The average Bonchev–Trinajstić information content (AvgIpc) is 2.42. The fourth-order valence-corrected chi connectivity index (χ4v) is 1.46. The van der Waals surface area contributed by atoms with Crippen LogP contribution in [0.25, 0.3) is 0 Å². The number of nitrogens with zero attached hydrogens (tertiary/aromatic N) is 2. The van der Waals surface area contributed by atoms with Crippen molar-refractivity contribution < 1.29 is 4.79 Å². The third-order valence-corrected chi connectivity index (χ3v) is 2.41. The van der Waals surface area contributed by atoms with Gasteiger partial charge < -0.3 is 5.32 Å². The van der Waals surface area contributed by atoms with Crippen LogP contribution in [-0.4, -0.2) is 22.3 Å². The van der Waals surface area contributed by atoms with Crippen LogP contribution in [0.2, 0.25) is 0 Å². The van der Waals surface area contributed by atoms with Gasteiger partial charge in [-0.25, -0.2) is 0 Å². The van der Waals surface area contributed by atoms with Gasteiger partial charge in [-0.1, -0.05) is 6.07 Å². The second-order valence-corrected chi connectivity index (χ2v) is 4.14. The summed E-state index contributed by atoms with van der Waals surface area (Å²) in [5.41, 5.74) is 1.07. The van der Waals surface area contributed by atoms with Crippen molar-refractivity contribution in [3.63, 3.8) is 0 Å². The Hall–Kier alpha value is -1.71. The van der Waals surface area contributed by atoms with E-state index in [0.29, 0.717) is 5.84 Å². The molecule has 1 aliphatic rings. The highest BCUT2D eigenvalue weighted by Gasteiger charge is 2.35. The van der Waals surface area contributed by atoms with Gasteiger partial charge in [-0.15, -0.1) is 0 Å². The van der Waals surface area contributed by atoms with Crippen LogP contribution in [0.1, 0.15) is 25.1 Å². The zero-order valence-electron chi connectivity index (χ0n) is 9.03. The summed E-state index contributed by atoms with van der Waals surface area (Å²) in [7, 11) is 0. The molecule has 0 fully saturated rings. The van der Waals surface area contributed by atoms with Crippen LogP contribution in [0, 0.1) is 6.92 Å². The summed E-state index contributed by atoms with van der Waals surface area (Å²) in [6.45, 7) is 5.52. The van der Waals surface area contributed by atoms with Gasteiger partial charge in [-0.3, -0.25) is 14.8 Å². The number of pyridine rings is 1. The standard InChI is InChI=1S/C11H13N3O/c1-7-5-4-6-12-8(7)9-13-10(15)11(2,3)14-9/h4-6H,1-3H3,(H,13,14,15). The van der Waals surface area contributed by atoms with Gasteiger partial charge in [-0.05, 0) is 32.4 Å². The summed E-state index contributed by atoms with van der Waals surface area (Å²) in [5.74, 6) is 0.491. The van der Waals surface area contributed by atoms with Gasteiger partial charge in [0.25, 0.3) is 5.91 Å². The molecule has 4 heteroatoms. The third-order valence-electron chi connectivity index (χ3n) is 2.41. The van der Waals surface area contributed by atoms with E-state index in [-0.39, 0.29) is 5.91 Å². The average molecular weight is 203 g/mol. The molecule has 0 aliphatic carbocycles. The molecule has 1 N–H and O–H groups in total. The lowest BCUT2D eigenvalue weighted by atomic mass is 10.1. The van der Waals surface area contributed by atoms with E-state index in [2.05, 4.69) is 15.3 Å². The molecule has 0 aromatic carbocycles. The summed E-state index contributed by atoms with van der Waals surface area (Å²) in [5, 5.41) is 2.75. The molecule has 15 heavy (non-hydrogen) atoms. The number of aliphatic imine (C=N–C) groups is 1. The Morgan fingerprint density at radius 2 is 2.13 bits per heavy atom. The minimum Gasteiger partial charge on any atom is -0.307 e. The molecule has 2 rings (SSSR count). The normalized spacial score (nSPS) is 18.6. The van der Waals surface area contributed by atoms with Crippen LogP contribution in [0.15, 0.2) is 23.3 Å². The molecule has 0 spiro atoms. The Morgan fingerprint density at radius 1 is 1.40 bits per heavy atom. The number of aryl methyl sites for hydroxylation is 1. The predicted octanol–water partition coefficient (Wildman–Crippen LogP) is 1.05. The Morgan fingerprint density at radius 3 is 2.67 bits per heavy atom. The lowest BCUT2D eigenvalue weighted by molar-refractivity contribution is -0.122. The highest BCUT2D eigenvalue weighted by atomic mass is 16.2. The second kappa shape index (κ2) is 3.15. The maximum absolute atomic E-state index is 11.5. The van der Waals surface area contributed by atoms with Crippen LogP contribution < -0.4 is 5.32 Å². The van der Waals surface area contributed by atoms with E-state index in [0.717, 1.165) is 11.3 Å². The lowest BCUT2D eigenvalue weighted by Crippen LogP contribution is -2.35. The lowest BCUT2D eigenvalue weighted by Gasteiger charge is -2.07. The Bertz CT molecular complexity index is 449. The SMILES string of the molecule is Cc1cccnc1C1=NC(C)(C)C(=O)N1. The zero-order chi connectivity index (χ0) is 11.1. The van der Waals surface area contributed by atoms with Gasteiger partial charge in [0.15, 0.2) is 5.84 Å². The minimum absolute atomic E-state index is 0.0810. The van der Waals surface area contributed by atoms with Crippen LogP contribution >= 0.6 is 0 Å². The molecule has 0 bridgehead atoms. The van der Waals surface area contributed by atoms with Crippen molar-refractivity contribution in [2.24, 2.45) is 4.99 Å². The molecule has 2 heterocycles. The van der Waals surface area contributed by atoms with E-state index in [1.54, 1.807) is 20.0 Å². The number of hydrogen-bond acceptors (Lipinski definition) is 3. The number of amidine groups is 1. The molecule has 0 atom stereocenters. The summed E-state index contributed by atoms with van der Waals surface area (Å²) in [6, 6.07) is 3.81. The maximum Gasteiger partial charge on any atom is 0.252 e. The van der Waals surface area contributed by atoms with Gasteiger partial charge in [0.1, 0.15) is 11.2 Å². The van der Waals surface area contributed by atoms with E-state index in [4.69, 9.17) is 0 Å². The zero-order valence-corrected chi connectivity index (χ0v) is 9.03. The highest BCUT2D eigenvalue weighted by Crippen LogP contribution is 2.17. The molecule has 1 aliphatic heterocycles. The smallest absolute Gasteiger partial charge is 0.252 e. The number of aromatic nitrogens is 1. The Labute approximate surface area is 88.4 Å². The summed E-state index contributed by atoms with van der Waals surface area (Å²) in [6.07, 6.45) is 1.70. The first kappa shape index (κ1) is 9.83. The van der Waals surface area contributed by atoms with Crippen molar-refractivity contribution in [2.75, 3.05) is 0 Å². The molecule has 78 valence electrons. The topological polar surface area (TPSA) is 54.4 Å². The summed E-state index contributed by atoms with van der Waals surface area (Å²) >= 11 is 0. The molecule has 0 saturated carbocycles.